The maximum atomic E-state index is 13.4. The number of nitrogens with zero attached hydrogens (tertiary/aromatic N) is 5. The Balaban J connectivity index is 1.52. The summed E-state index contributed by atoms with van der Waals surface area (Å²) in [7, 11) is -3.73. The highest BCUT2D eigenvalue weighted by Crippen LogP contribution is 2.48. The predicted octanol–water partition coefficient (Wildman–Crippen LogP) is 2.33. The van der Waals surface area contributed by atoms with Crippen LogP contribution in [0.3, 0.4) is 0 Å². The summed E-state index contributed by atoms with van der Waals surface area (Å²) in [6.07, 6.45) is 3.45. The lowest BCUT2D eigenvalue weighted by Gasteiger charge is -2.48. The van der Waals surface area contributed by atoms with Crippen molar-refractivity contribution in [1.29, 1.82) is 0 Å². The topological polar surface area (TPSA) is 195 Å². The molecular formula is C24H29N7O9PS2+. The molecule has 2 aliphatic heterocycles. The van der Waals surface area contributed by atoms with Gasteiger partial charge in [-0.1, -0.05) is 23.9 Å². The van der Waals surface area contributed by atoms with Gasteiger partial charge in [-0.05, 0) is 13.8 Å². The van der Waals surface area contributed by atoms with E-state index in [1.54, 1.807) is 26.2 Å². The summed E-state index contributed by atoms with van der Waals surface area (Å²) < 4.78 is 34.2. The number of carbonyl (C=O) groups excluding carboxylic acids is 2. The highest BCUT2D eigenvalue weighted by atomic mass is 32.2. The molecule has 16 nitrogen and oxygen atoms in total. The minimum Gasteiger partial charge on any atom is -0.449 e. The van der Waals surface area contributed by atoms with E-state index in [0.717, 1.165) is 11.5 Å². The number of thioether (sulfide) groups is 1. The van der Waals surface area contributed by atoms with Gasteiger partial charge in [0.25, 0.3) is 11.8 Å². The lowest BCUT2D eigenvalue weighted by Crippen LogP contribution is -2.70. The Hall–Kier alpha value is -3.83. The maximum Gasteiger partial charge on any atom is 0.512 e. The molecule has 0 spiro atoms. The zero-order valence-corrected chi connectivity index (χ0v) is 25.6. The molecule has 2 atom stereocenters. The van der Waals surface area contributed by atoms with Crippen molar-refractivity contribution in [2.45, 2.75) is 31.8 Å². The molecular weight excluding hydrogens is 625 g/mol. The van der Waals surface area contributed by atoms with E-state index in [9.17, 15) is 24.1 Å². The standard InChI is InChI=1S/C24H28N7O9PS2/c1-4-12-37-27-16(18-26-23(43-29-18)28-41(36,38-5-2)39-6-3)19(32)25-17-20(33)31-21(40-24(34)35)15(14-42-22(17)31)13-30-10-8-7-9-11-30/h4,7-11,17,22H,1,5-6,12-14H2,2-3H3,(H2-,25,26,28,29,32,34,35,36)/p+1/t17?,22-/m0/s1. The SMILES string of the molecule is C=CCON=C(C(=O)NC1C(=O)N2C(OC(=O)O)=C(C[n+]3ccccc3)CS[C@@H]12)c1nsc(NP(=O)(OCC)OCC)n1. The maximum absolute atomic E-state index is 13.4. The summed E-state index contributed by atoms with van der Waals surface area (Å²) >= 11 is 2.11. The number of aromatic nitrogens is 3. The molecule has 4 heterocycles. The third kappa shape index (κ3) is 7.77. The fourth-order valence-electron chi connectivity index (χ4n) is 3.95. The van der Waals surface area contributed by atoms with E-state index in [0.29, 0.717) is 17.9 Å². The Labute approximate surface area is 254 Å². The molecule has 0 aromatic carbocycles. The molecule has 19 heteroatoms. The summed E-state index contributed by atoms with van der Waals surface area (Å²) in [5.41, 5.74) is 0.223. The Morgan fingerprint density at radius 1 is 1.28 bits per heavy atom. The molecule has 0 radical (unpaired) electrons. The number of pyridine rings is 1. The summed E-state index contributed by atoms with van der Waals surface area (Å²) in [6, 6.07) is 4.45. The zero-order chi connectivity index (χ0) is 31.0. The summed E-state index contributed by atoms with van der Waals surface area (Å²) in [6.45, 7) is 7.30. The molecule has 2 aliphatic rings. The van der Waals surface area contributed by atoms with Crippen molar-refractivity contribution in [2.24, 2.45) is 5.16 Å². The first kappa shape index (κ1) is 32.1. The van der Waals surface area contributed by atoms with E-state index in [1.807, 2.05) is 22.8 Å². The molecule has 1 unspecified atom stereocenters. The molecule has 2 aromatic heterocycles. The molecule has 0 bridgehead atoms. The van der Waals surface area contributed by atoms with Gasteiger partial charge in [0.15, 0.2) is 18.9 Å². The number of β-lactam (4-membered cyclic amide) rings is 1. The minimum atomic E-state index is -3.73. The van der Waals surface area contributed by atoms with E-state index in [1.165, 1.54) is 22.7 Å². The van der Waals surface area contributed by atoms with E-state index in [2.05, 4.69) is 31.5 Å². The highest BCUT2D eigenvalue weighted by Gasteiger charge is 2.54. The van der Waals surface area contributed by atoms with Crippen LogP contribution in [0.25, 0.3) is 0 Å². The van der Waals surface area contributed by atoms with E-state index in [4.69, 9.17) is 18.6 Å². The molecule has 2 aromatic rings. The second-order valence-corrected chi connectivity index (χ2v) is 12.2. The second-order valence-electron chi connectivity index (χ2n) is 8.58. The van der Waals surface area contributed by atoms with Gasteiger partial charge in [-0.15, -0.1) is 11.8 Å². The predicted molar refractivity (Wildman–Crippen MR) is 155 cm³/mol. The molecule has 43 heavy (non-hydrogen) atoms. The van der Waals surface area contributed by atoms with Crippen LogP contribution in [0.15, 0.2) is 59.9 Å². The Morgan fingerprint density at radius 2 is 2.00 bits per heavy atom. The first-order chi connectivity index (χ1) is 20.7. The van der Waals surface area contributed by atoms with Gasteiger partial charge in [0.05, 0.1) is 18.8 Å². The van der Waals surface area contributed by atoms with Crippen LogP contribution in [-0.2, 0) is 39.3 Å². The number of carboxylic acid groups (broad SMARTS) is 1. The van der Waals surface area contributed by atoms with E-state index >= 15 is 0 Å². The van der Waals surface area contributed by atoms with Gasteiger partial charge in [0.2, 0.25) is 22.6 Å². The van der Waals surface area contributed by atoms with Gasteiger partial charge in [-0.3, -0.25) is 28.6 Å². The van der Waals surface area contributed by atoms with Crippen LogP contribution in [-0.4, -0.2) is 80.0 Å². The smallest absolute Gasteiger partial charge is 0.449 e. The van der Waals surface area contributed by atoms with Crippen LogP contribution in [0.1, 0.15) is 19.7 Å². The van der Waals surface area contributed by atoms with Crippen LogP contribution < -0.4 is 15.0 Å². The second kappa shape index (κ2) is 14.6. The first-order valence-corrected chi connectivity index (χ1v) is 16.2. The molecule has 1 fully saturated rings. The largest absolute Gasteiger partial charge is 0.512 e. The number of hydrogen-bond donors (Lipinski definition) is 3. The van der Waals surface area contributed by atoms with Crippen molar-refractivity contribution in [2.75, 3.05) is 30.7 Å². The molecule has 0 saturated carbocycles. The van der Waals surface area contributed by atoms with Crippen molar-refractivity contribution in [3.8, 4) is 0 Å². The Bertz CT molecular complexity index is 1460. The van der Waals surface area contributed by atoms with Crippen molar-refractivity contribution in [3.05, 3.63) is 60.5 Å². The molecule has 1 saturated heterocycles. The molecule has 230 valence electrons. The number of carbonyl (C=O) groups is 3. The fourth-order valence-corrected chi connectivity index (χ4v) is 7.36. The highest BCUT2D eigenvalue weighted by molar-refractivity contribution is 8.00. The fraction of sp³-hybridized carbons (Fsp3) is 0.375. The van der Waals surface area contributed by atoms with Gasteiger partial charge in [0.1, 0.15) is 18.0 Å². The number of ether oxygens (including phenoxy) is 1. The third-order valence-electron chi connectivity index (χ3n) is 5.65. The number of amides is 2. The quantitative estimate of drug-likeness (QED) is 0.0370. The van der Waals surface area contributed by atoms with Crippen LogP contribution >= 0.6 is 31.0 Å². The monoisotopic (exact) mass is 654 g/mol. The lowest BCUT2D eigenvalue weighted by molar-refractivity contribution is -0.689. The molecule has 2 amide bonds. The van der Waals surface area contributed by atoms with Gasteiger partial charge in [0, 0.05) is 29.4 Å². The molecule has 3 N–H and O–H groups in total. The van der Waals surface area contributed by atoms with Crippen molar-refractivity contribution in [3.63, 3.8) is 0 Å². The average molecular weight is 655 g/mol. The molecule has 0 aliphatic carbocycles. The number of oxime groups is 1. The number of rotatable bonds is 15. The molecule has 4 rings (SSSR count). The number of nitrogens with one attached hydrogen (secondary N) is 2. The normalized spacial score (nSPS) is 18.4. The number of anilines is 1. The third-order valence-corrected chi connectivity index (χ3v) is 9.45. The Morgan fingerprint density at radius 3 is 2.65 bits per heavy atom. The van der Waals surface area contributed by atoms with Gasteiger partial charge >= 0.3 is 13.9 Å². The number of fused-ring (bicyclic) bond motifs is 1. The van der Waals surface area contributed by atoms with Crippen molar-refractivity contribution in [1.82, 2.24) is 19.6 Å². The minimum absolute atomic E-state index is 0.0302. The first-order valence-electron chi connectivity index (χ1n) is 12.8. The van der Waals surface area contributed by atoms with E-state index in [-0.39, 0.29) is 42.4 Å². The van der Waals surface area contributed by atoms with Crippen LogP contribution in [0.2, 0.25) is 0 Å². The average Bonchev–Trinajstić information content (AvgIpc) is 3.42. The Kier molecular flexibility index (Phi) is 10.9. The van der Waals surface area contributed by atoms with Crippen LogP contribution in [0.5, 0.6) is 0 Å². The summed E-state index contributed by atoms with van der Waals surface area (Å²) in [5.74, 6) is -1.33. The van der Waals surface area contributed by atoms with Gasteiger partial charge in [-0.25, -0.2) is 13.9 Å². The van der Waals surface area contributed by atoms with E-state index < -0.39 is 37.1 Å². The zero-order valence-electron chi connectivity index (χ0n) is 23.1. The van der Waals surface area contributed by atoms with Crippen molar-refractivity contribution < 1.29 is 47.2 Å². The summed E-state index contributed by atoms with van der Waals surface area (Å²) in [4.78, 5) is 48.6. The number of hydrogen-bond acceptors (Lipinski definition) is 13. The summed E-state index contributed by atoms with van der Waals surface area (Å²) in [5, 5.41) is 17.7. The van der Waals surface area contributed by atoms with Gasteiger partial charge in [-0.2, -0.15) is 9.36 Å². The van der Waals surface area contributed by atoms with Crippen LogP contribution in [0, 0.1) is 0 Å². The van der Waals surface area contributed by atoms with Crippen LogP contribution in [0.4, 0.5) is 9.93 Å². The van der Waals surface area contributed by atoms with Crippen molar-refractivity contribution >= 4 is 59.9 Å². The lowest BCUT2D eigenvalue weighted by atomic mass is 10.1. The van der Waals surface area contributed by atoms with Gasteiger partial charge < -0.3 is 20.0 Å².